The van der Waals surface area contributed by atoms with Gasteiger partial charge >= 0.3 is 39.0 Å². The zero-order valence-corrected chi connectivity index (χ0v) is 35.8. The molecule has 0 atom stereocenters. The predicted octanol–water partition coefficient (Wildman–Crippen LogP) is -8.45. The first-order chi connectivity index (χ1) is 23.5. The van der Waals surface area contributed by atoms with Gasteiger partial charge in [-0.3, -0.25) is 29.7 Å². The second-order valence-electron chi connectivity index (χ2n) is 9.49. The van der Waals surface area contributed by atoms with Crippen LogP contribution in [0.3, 0.4) is 0 Å². The molecule has 4 heterocycles. The van der Waals surface area contributed by atoms with Crippen LogP contribution in [0.1, 0.15) is 29.7 Å². The Morgan fingerprint density at radius 3 is 0.923 bits per heavy atom. The molecule has 0 aliphatic heterocycles. The third kappa shape index (κ3) is 35.8. The van der Waals surface area contributed by atoms with Crippen LogP contribution >= 0.6 is 0 Å². The molecule has 52 heavy (non-hydrogen) atoms. The molecule has 0 radical (unpaired) electrons. The minimum absolute atomic E-state index is 0. The van der Waals surface area contributed by atoms with Gasteiger partial charge in [-0.25, -0.2) is 37.3 Å². The summed E-state index contributed by atoms with van der Waals surface area (Å²) in [4.78, 5) is 30.9. The molecular weight excluding hydrogens is 838 g/mol. The minimum atomic E-state index is -4.94. The number of aliphatic hydroxyl groups excluding tert-OH is 1. The normalized spacial score (nSPS) is 10.4. The summed E-state index contributed by atoms with van der Waals surface area (Å²) < 4.78 is 67.9. The molecule has 276 valence electrons. The molecule has 0 bridgehead atoms. The van der Waals surface area contributed by atoms with E-state index in [0.717, 1.165) is 36.8 Å². The van der Waals surface area contributed by atoms with Crippen LogP contribution in [-0.2, 0) is 69.9 Å². The summed E-state index contributed by atoms with van der Waals surface area (Å²) in [6, 6.07) is 23.4. The van der Waals surface area contributed by atoms with Crippen LogP contribution in [0, 0.1) is 20.5 Å². The molecule has 4 aromatic rings. The van der Waals surface area contributed by atoms with E-state index in [1.807, 2.05) is 72.8 Å². The second kappa shape index (κ2) is 30.8. The standard InChI is InChI=1S/C27H29N6O.C2H4O2.CH4O.2ClHO4.2Zn/c34-27(21-32(17-23-9-1-5-13-28-23)18-24-10-2-6-14-29-24)22-33(19-25-11-3-7-15-30-25)20-26-12-4-8-16-31-26;1-2(3)4;1-2;2*2-1(3,4)5;;/h1-16,27H,17-22H2;1H3,(H,3,4);2H,1H3;2*(H,2,3,4,5);;/q-1;;;;;2*+2/p-3. The van der Waals surface area contributed by atoms with Gasteiger partial charge in [-0.1, -0.05) is 24.3 Å². The van der Waals surface area contributed by atoms with E-state index < -0.39 is 32.6 Å². The van der Waals surface area contributed by atoms with Gasteiger partial charge in [-0.05, 0) is 68.5 Å². The Bertz CT molecular complexity index is 1210. The summed E-state index contributed by atoms with van der Waals surface area (Å²) in [5.41, 5.74) is 3.74. The largest absolute Gasteiger partial charge is 2.00 e. The number of rotatable bonds is 12. The maximum Gasteiger partial charge on any atom is 2.00 e. The molecule has 22 heteroatoms. The Balaban J connectivity index is -0.00000113. The predicted molar refractivity (Wildman–Crippen MR) is 148 cm³/mol. The van der Waals surface area contributed by atoms with Crippen LogP contribution in [0.15, 0.2) is 97.6 Å². The van der Waals surface area contributed by atoms with Gasteiger partial charge in [0.25, 0.3) is 0 Å². The van der Waals surface area contributed by atoms with Crippen molar-refractivity contribution in [2.75, 3.05) is 20.2 Å². The molecule has 1 N–H and O–H groups in total. The summed E-state index contributed by atoms with van der Waals surface area (Å²) in [5.74, 6) is -1.08. The quantitative estimate of drug-likeness (QED) is 0.129. The van der Waals surface area contributed by atoms with E-state index in [0.29, 0.717) is 39.3 Å². The monoisotopic (exact) mass is 870 g/mol. The van der Waals surface area contributed by atoms with E-state index in [9.17, 15) is 5.11 Å². The van der Waals surface area contributed by atoms with E-state index in [-0.39, 0.29) is 39.0 Å². The summed E-state index contributed by atoms with van der Waals surface area (Å²) in [6.07, 6.45) is 6.31. The first kappa shape index (κ1) is 53.8. The van der Waals surface area contributed by atoms with Gasteiger partial charge in [0.1, 0.15) is 0 Å². The third-order valence-corrected chi connectivity index (χ3v) is 5.37. The van der Waals surface area contributed by atoms with Crippen LogP contribution in [0.25, 0.3) is 0 Å². The Morgan fingerprint density at radius 2 is 0.769 bits per heavy atom. The molecule has 0 unspecified atom stereocenters. The van der Waals surface area contributed by atoms with Crippen molar-refractivity contribution in [3.63, 3.8) is 0 Å². The van der Waals surface area contributed by atoms with Crippen molar-refractivity contribution in [2.24, 2.45) is 0 Å². The van der Waals surface area contributed by atoms with Gasteiger partial charge in [0.15, 0.2) is 0 Å². The third-order valence-electron chi connectivity index (χ3n) is 5.37. The Labute approximate surface area is 330 Å². The van der Waals surface area contributed by atoms with Crippen molar-refractivity contribution >= 4 is 5.97 Å². The van der Waals surface area contributed by atoms with Crippen LogP contribution in [-0.4, -0.2) is 67.1 Å². The first-order valence-electron chi connectivity index (χ1n) is 14.0. The Hall–Kier alpha value is -2.58. The molecule has 0 aliphatic rings. The molecule has 0 amide bonds. The zero-order valence-electron chi connectivity index (χ0n) is 28.3. The van der Waals surface area contributed by atoms with Crippen molar-refractivity contribution in [2.45, 2.75) is 39.2 Å². The van der Waals surface area contributed by atoms with Gasteiger partial charge < -0.3 is 20.1 Å². The van der Waals surface area contributed by atoms with E-state index >= 15 is 0 Å². The van der Waals surface area contributed by atoms with Crippen LogP contribution in [0.2, 0.25) is 0 Å². The average Bonchev–Trinajstić information content (AvgIpc) is 3.02. The number of nitrogens with zero attached hydrogens (tertiary/aromatic N) is 6. The maximum atomic E-state index is 13.3. The molecule has 0 aromatic carbocycles. The molecule has 0 spiro atoms. The van der Waals surface area contributed by atoms with E-state index in [2.05, 4.69) is 29.7 Å². The number of carbonyl (C=O) groups excluding carboxylic acids is 1. The fourth-order valence-electron chi connectivity index (χ4n) is 3.89. The number of carboxylic acids is 1. The number of aliphatic hydroxyl groups is 1. The summed E-state index contributed by atoms with van der Waals surface area (Å²) in [7, 11) is -8.89. The number of hydrogen-bond acceptors (Lipinski definition) is 18. The molecule has 4 aromatic heterocycles. The van der Waals surface area contributed by atoms with Gasteiger partial charge in [0.2, 0.25) is 0 Å². The molecule has 4 rings (SSSR count). The molecule has 0 aliphatic carbocycles. The zero-order chi connectivity index (χ0) is 38.0. The smallest absolute Gasteiger partial charge is 0.850 e. The Kier molecular flexibility index (Phi) is 31.9. The molecular formula is C30H36Cl2N6O12Zn2. The second-order valence-corrected chi connectivity index (χ2v) is 11.0. The Morgan fingerprint density at radius 1 is 0.577 bits per heavy atom. The van der Waals surface area contributed by atoms with Crippen LogP contribution in [0.4, 0.5) is 0 Å². The van der Waals surface area contributed by atoms with E-state index in [1.165, 1.54) is 0 Å². The van der Waals surface area contributed by atoms with Crippen LogP contribution < -0.4 is 47.5 Å². The minimum Gasteiger partial charge on any atom is -0.850 e. The molecule has 0 saturated carbocycles. The fraction of sp³-hybridized carbons (Fsp3) is 0.300. The van der Waals surface area contributed by atoms with Gasteiger partial charge in [-0.2, -0.15) is 0 Å². The van der Waals surface area contributed by atoms with Gasteiger partial charge in [0, 0.05) is 64.0 Å². The number of aliphatic carboxylic acids is 1. The van der Waals surface area contributed by atoms with Gasteiger partial charge in [0.05, 0.1) is 22.8 Å². The molecule has 0 saturated heterocycles. The first-order valence-corrected chi connectivity index (χ1v) is 16.5. The van der Waals surface area contributed by atoms with Crippen LogP contribution in [0.5, 0.6) is 0 Å². The van der Waals surface area contributed by atoms with Crippen molar-refractivity contribution in [1.29, 1.82) is 0 Å². The fourth-order valence-corrected chi connectivity index (χ4v) is 3.89. The van der Waals surface area contributed by atoms with Crippen molar-refractivity contribution in [1.82, 2.24) is 29.7 Å². The number of halogens is 2. The topological polar surface area (TPSA) is 326 Å². The average molecular weight is 874 g/mol. The number of hydrogen-bond donors (Lipinski definition) is 1. The molecule has 0 fully saturated rings. The maximum absolute atomic E-state index is 13.3. The summed E-state index contributed by atoms with van der Waals surface area (Å²) in [6.45, 7) is 4.11. The number of carbonyl (C=O) groups is 1. The summed E-state index contributed by atoms with van der Waals surface area (Å²) in [5, 5.41) is 29.2. The number of carboxylic acid groups (broad SMARTS) is 1. The summed E-state index contributed by atoms with van der Waals surface area (Å²) >= 11 is 0. The van der Waals surface area contributed by atoms with Crippen molar-refractivity contribution < 1.29 is 117 Å². The van der Waals surface area contributed by atoms with Gasteiger partial charge in [-0.15, -0.1) is 26.6 Å². The van der Waals surface area contributed by atoms with Crippen molar-refractivity contribution in [3.05, 3.63) is 120 Å². The van der Waals surface area contributed by atoms with E-state index in [4.69, 9.17) is 52.3 Å². The van der Waals surface area contributed by atoms with E-state index in [1.54, 1.807) is 24.8 Å². The number of aromatic nitrogens is 4. The SMILES string of the molecule is CC(=O)[O-].CO.[O-]C(CN(Cc1ccccn1)Cc1ccccn1)CN(Cc1ccccn1)Cc1ccccn1.[O-][Cl+3]([O-])([O-])[O-].[O-][Cl+3]([O-])([O-])[O-].[Zn+2].[Zn+2]. The van der Waals surface area contributed by atoms with Crippen molar-refractivity contribution in [3.8, 4) is 0 Å². The molecule has 18 nitrogen and oxygen atoms in total. The number of pyridine rings is 4.